The molecule has 2 aromatic heterocycles. The van der Waals surface area contributed by atoms with E-state index < -0.39 is 11.9 Å². The van der Waals surface area contributed by atoms with Crippen molar-refractivity contribution in [3.05, 3.63) is 23.0 Å². The molecule has 3 heterocycles. The average molecular weight is 386 g/mol. The van der Waals surface area contributed by atoms with Crippen LogP contribution in [0.4, 0.5) is 0 Å². The molecule has 0 saturated carbocycles. The minimum absolute atomic E-state index is 0.128. The zero-order chi connectivity index (χ0) is 20.8. The van der Waals surface area contributed by atoms with Gasteiger partial charge in [0.1, 0.15) is 0 Å². The Morgan fingerprint density at radius 1 is 1.29 bits per heavy atom. The molecule has 0 bridgehead atoms. The van der Waals surface area contributed by atoms with Crippen molar-refractivity contribution in [1.82, 2.24) is 19.7 Å². The summed E-state index contributed by atoms with van der Waals surface area (Å²) in [7, 11) is 0. The fraction of sp³-hybridized carbons (Fsp3) is 0.619. The minimum Gasteiger partial charge on any atom is -0.481 e. The molecule has 7 nitrogen and oxygen atoms in total. The summed E-state index contributed by atoms with van der Waals surface area (Å²) in [4.78, 5) is 31.4. The number of carboxylic acids is 1. The number of likely N-dealkylation sites (tertiary alicyclic amines) is 1. The highest BCUT2D eigenvalue weighted by Gasteiger charge is 2.31. The van der Waals surface area contributed by atoms with Crippen LogP contribution in [-0.2, 0) is 10.3 Å². The average Bonchev–Trinajstić information content (AvgIpc) is 2.97. The topological polar surface area (TPSA) is 88.3 Å². The predicted molar refractivity (Wildman–Crippen MR) is 108 cm³/mol. The second-order valence-corrected chi connectivity index (χ2v) is 9.04. The molecule has 152 valence electrons. The number of fused-ring (bicyclic) bond motifs is 1. The molecule has 1 atom stereocenters. The van der Waals surface area contributed by atoms with E-state index in [9.17, 15) is 14.7 Å². The summed E-state index contributed by atoms with van der Waals surface area (Å²) in [6.45, 7) is 13.0. The van der Waals surface area contributed by atoms with Crippen LogP contribution < -0.4 is 0 Å². The van der Waals surface area contributed by atoms with Gasteiger partial charge in [-0.25, -0.2) is 9.67 Å². The van der Waals surface area contributed by atoms with Gasteiger partial charge in [-0.05, 0) is 52.5 Å². The molecule has 1 aliphatic rings. The lowest BCUT2D eigenvalue weighted by Crippen LogP contribution is -2.42. The van der Waals surface area contributed by atoms with Gasteiger partial charge in [0.2, 0.25) is 0 Å². The zero-order valence-electron chi connectivity index (χ0n) is 17.6. The molecule has 1 saturated heterocycles. The van der Waals surface area contributed by atoms with Crippen LogP contribution >= 0.6 is 0 Å². The van der Waals surface area contributed by atoms with Crippen molar-refractivity contribution in [2.45, 2.75) is 65.8 Å². The van der Waals surface area contributed by atoms with E-state index in [4.69, 9.17) is 4.98 Å². The molecule has 1 aliphatic heterocycles. The van der Waals surface area contributed by atoms with Crippen LogP contribution in [0.1, 0.15) is 75.1 Å². The van der Waals surface area contributed by atoms with Crippen molar-refractivity contribution in [3.63, 3.8) is 0 Å². The highest BCUT2D eigenvalue weighted by molar-refractivity contribution is 6.06. The third-order valence-corrected chi connectivity index (χ3v) is 5.35. The molecule has 1 N–H and O–H groups in total. The highest BCUT2D eigenvalue weighted by Crippen LogP contribution is 2.30. The van der Waals surface area contributed by atoms with E-state index in [1.54, 1.807) is 4.90 Å². The van der Waals surface area contributed by atoms with Crippen molar-refractivity contribution in [2.75, 3.05) is 13.1 Å². The van der Waals surface area contributed by atoms with Gasteiger partial charge in [-0.3, -0.25) is 9.59 Å². The minimum atomic E-state index is -0.836. The van der Waals surface area contributed by atoms with Crippen molar-refractivity contribution >= 4 is 22.9 Å². The summed E-state index contributed by atoms with van der Waals surface area (Å²) in [5.74, 6) is -1.31. The fourth-order valence-corrected chi connectivity index (χ4v) is 3.77. The summed E-state index contributed by atoms with van der Waals surface area (Å²) in [5, 5.41) is 14.8. The Labute approximate surface area is 165 Å². The first kappa shape index (κ1) is 20.3. The Morgan fingerprint density at radius 3 is 2.54 bits per heavy atom. The van der Waals surface area contributed by atoms with Crippen LogP contribution in [0.15, 0.2) is 6.07 Å². The monoisotopic (exact) mass is 386 g/mol. The van der Waals surface area contributed by atoms with Crippen LogP contribution in [0.25, 0.3) is 11.0 Å². The van der Waals surface area contributed by atoms with Crippen LogP contribution in [0.3, 0.4) is 0 Å². The number of carbonyl (C=O) groups is 2. The maximum absolute atomic E-state index is 13.4. The Kier molecular flexibility index (Phi) is 5.21. The van der Waals surface area contributed by atoms with Crippen molar-refractivity contribution < 1.29 is 14.7 Å². The van der Waals surface area contributed by atoms with Gasteiger partial charge in [0, 0.05) is 18.8 Å². The summed E-state index contributed by atoms with van der Waals surface area (Å²) in [5.41, 5.74) is 2.63. The van der Waals surface area contributed by atoms with Gasteiger partial charge >= 0.3 is 5.97 Å². The smallest absolute Gasteiger partial charge is 0.308 e. The van der Waals surface area contributed by atoms with E-state index in [2.05, 4.69) is 39.7 Å². The summed E-state index contributed by atoms with van der Waals surface area (Å²) in [6, 6.07) is 1.86. The number of aromatic nitrogens is 3. The second kappa shape index (κ2) is 7.18. The van der Waals surface area contributed by atoms with E-state index >= 15 is 0 Å². The zero-order valence-corrected chi connectivity index (χ0v) is 17.6. The molecule has 7 heteroatoms. The van der Waals surface area contributed by atoms with E-state index in [0.717, 1.165) is 16.8 Å². The standard InChI is InChI=1S/C21H30N4O3/c1-12(2)16-10-15(19(26)24-9-7-8-14(11-24)20(27)28)17-13(3)23-25(18(17)22-16)21(4,5)6/h10,12,14H,7-9,11H2,1-6H3,(H,27,28)/t14-/m0/s1. The number of carbonyl (C=O) groups excluding carboxylic acids is 1. The Bertz CT molecular complexity index is 924. The second-order valence-electron chi connectivity index (χ2n) is 9.04. The van der Waals surface area contributed by atoms with Gasteiger partial charge in [-0.2, -0.15) is 5.10 Å². The van der Waals surface area contributed by atoms with E-state index in [-0.39, 0.29) is 23.9 Å². The molecule has 1 amide bonds. The largest absolute Gasteiger partial charge is 0.481 e. The number of pyridine rings is 1. The van der Waals surface area contributed by atoms with Crippen LogP contribution in [-0.4, -0.2) is 49.7 Å². The number of nitrogens with zero attached hydrogens (tertiary/aromatic N) is 4. The number of amides is 1. The number of aryl methyl sites for hydroxylation is 1. The van der Waals surface area contributed by atoms with E-state index in [0.29, 0.717) is 30.6 Å². The highest BCUT2D eigenvalue weighted by atomic mass is 16.4. The lowest BCUT2D eigenvalue weighted by molar-refractivity contribution is -0.143. The number of aliphatic carboxylic acids is 1. The molecule has 0 aliphatic carbocycles. The number of hydrogen-bond acceptors (Lipinski definition) is 4. The normalized spacial score (nSPS) is 18.1. The molecular formula is C21H30N4O3. The third kappa shape index (κ3) is 3.62. The van der Waals surface area contributed by atoms with Gasteiger partial charge in [0.25, 0.3) is 5.91 Å². The Balaban J connectivity index is 2.15. The first-order chi connectivity index (χ1) is 13.0. The number of carboxylic acid groups (broad SMARTS) is 1. The van der Waals surface area contributed by atoms with Crippen molar-refractivity contribution in [3.8, 4) is 0 Å². The maximum Gasteiger partial charge on any atom is 0.308 e. The Morgan fingerprint density at radius 2 is 1.96 bits per heavy atom. The molecule has 2 aromatic rings. The van der Waals surface area contributed by atoms with E-state index in [1.807, 2.05) is 17.7 Å². The quantitative estimate of drug-likeness (QED) is 0.871. The lowest BCUT2D eigenvalue weighted by Gasteiger charge is -2.31. The SMILES string of the molecule is Cc1nn(C(C)(C)C)c2nc(C(C)C)cc(C(=O)N3CCC[C@H](C(=O)O)C3)c12. The molecule has 3 rings (SSSR count). The van der Waals surface area contributed by atoms with Crippen molar-refractivity contribution in [1.29, 1.82) is 0 Å². The third-order valence-electron chi connectivity index (χ3n) is 5.35. The maximum atomic E-state index is 13.4. The molecule has 1 fully saturated rings. The molecule has 0 radical (unpaired) electrons. The molecule has 0 aromatic carbocycles. The van der Waals surface area contributed by atoms with E-state index in [1.165, 1.54) is 0 Å². The van der Waals surface area contributed by atoms with Gasteiger partial charge in [0.05, 0.1) is 28.1 Å². The fourth-order valence-electron chi connectivity index (χ4n) is 3.77. The Hall–Kier alpha value is -2.44. The predicted octanol–water partition coefficient (Wildman–Crippen LogP) is 3.55. The van der Waals surface area contributed by atoms with Crippen LogP contribution in [0.2, 0.25) is 0 Å². The van der Waals surface area contributed by atoms with Gasteiger partial charge in [-0.15, -0.1) is 0 Å². The van der Waals surface area contributed by atoms with Gasteiger partial charge < -0.3 is 10.0 Å². The van der Waals surface area contributed by atoms with Crippen molar-refractivity contribution in [2.24, 2.45) is 5.92 Å². The first-order valence-electron chi connectivity index (χ1n) is 9.93. The van der Waals surface area contributed by atoms with Crippen LogP contribution in [0, 0.1) is 12.8 Å². The first-order valence-corrected chi connectivity index (χ1v) is 9.93. The number of rotatable bonds is 3. The van der Waals surface area contributed by atoms with Gasteiger partial charge in [0.15, 0.2) is 5.65 Å². The summed E-state index contributed by atoms with van der Waals surface area (Å²) < 4.78 is 1.89. The molecule has 28 heavy (non-hydrogen) atoms. The lowest BCUT2D eigenvalue weighted by atomic mass is 9.96. The number of hydrogen-bond donors (Lipinski definition) is 1. The van der Waals surface area contributed by atoms with Gasteiger partial charge in [-0.1, -0.05) is 13.8 Å². The summed E-state index contributed by atoms with van der Waals surface area (Å²) in [6.07, 6.45) is 1.32. The molecule has 0 spiro atoms. The number of piperidine rings is 1. The molecular weight excluding hydrogens is 356 g/mol. The van der Waals surface area contributed by atoms with Crippen LogP contribution in [0.5, 0.6) is 0 Å². The molecule has 0 unspecified atom stereocenters. The summed E-state index contributed by atoms with van der Waals surface area (Å²) >= 11 is 0.